The minimum atomic E-state index is 0.0358. The molecule has 1 aliphatic heterocycles. The van der Waals surface area contributed by atoms with E-state index in [9.17, 15) is 4.79 Å². The summed E-state index contributed by atoms with van der Waals surface area (Å²) in [6.07, 6.45) is 1.67. The first kappa shape index (κ1) is 15.2. The van der Waals surface area contributed by atoms with Gasteiger partial charge in [-0.25, -0.2) is 0 Å². The van der Waals surface area contributed by atoms with Crippen LogP contribution in [-0.2, 0) is 4.74 Å². The van der Waals surface area contributed by atoms with Crippen molar-refractivity contribution in [2.24, 2.45) is 0 Å². The van der Waals surface area contributed by atoms with E-state index < -0.39 is 0 Å². The van der Waals surface area contributed by atoms with E-state index in [0.29, 0.717) is 13.2 Å². The fraction of sp³-hybridized carbons (Fsp3) is 0.211. The van der Waals surface area contributed by atoms with Gasteiger partial charge in [-0.15, -0.1) is 11.3 Å². The molecule has 0 atom stereocenters. The Bertz CT molecular complexity index is 880. The summed E-state index contributed by atoms with van der Waals surface area (Å²) in [7, 11) is 0. The van der Waals surface area contributed by atoms with Crippen LogP contribution < -0.4 is 10.3 Å². The summed E-state index contributed by atoms with van der Waals surface area (Å²) in [5, 5.41) is 1.00. The second-order valence-corrected chi connectivity index (χ2v) is 6.72. The number of ether oxygens (including phenoxy) is 1. The molecule has 122 valence electrons. The number of furan rings is 1. The maximum absolute atomic E-state index is 12.2. The van der Waals surface area contributed by atoms with E-state index in [1.807, 2.05) is 30.3 Å². The zero-order valence-electron chi connectivity index (χ0n) is 13.1. The molecule has 1 fully saturated rings. The Kier molecular flexibility index (Phi) is 4.19. The van der Waals surface area contributed by atoms with E-state index in [-0.39, 0.29) is 5.43 Å². The highest BCUT2D eigenvalue weighted by molar-refractivity contribution is 7.19. The van der Waals surface area contributed by atoms with Gasteiger partial charge in [0.05, 0.1) is 24.5 Å². The summed E-state index contributed by atoms with van der Waals surface area (Å²) in [5.41, 5.74) is 2.07. The Labute approximate surface area is 143 Å². The van der Waals surface area contributed by atoms with Crippen molar-refractivity contribution in [1.29, 1.82) is 0 Å². The molecule has 3 aromatic rings. The Morgan fingerprint density at radius 3 is 2.58 bits per heavy atom. The molecule has 1 saturated heterocycles. The number of morpholine rings is 1. The van der Waals surface area contributed by atoms with Crippen LogP contribution in [-0.4, -0.2) is 26.3 Å². The lowest BCUT2D eigenvalue weighted by Gasteiger charge is -2.28. The van der Waals surface area contributed by atoms with Gasteiger partial charge in [0.1, 0.15) is 5.76 Å². The zero-order chi connectivity index (χ0) is 16.4. The van der Waals surface area contributed by atoms with E-state index in [1.54, 1.807) is 29.7 Å². The highest BCUT2D eigenvalue weighted by atomic mass is 32.1. The monoisotopic (exact) mass is 339 g/mol. The van der Waals surface area contributed by atoms with Crippen LogP contribution >= 0.6 is 11.3 Å². The molecule has 24 heavy (non-hydrogen) atoms. The molecule has 5 heteroatoms. The predicted molar refractivity (Wildman–Crippen MR) is 96.8 cm³/mol. The summed E-state index contributed by atoms with van der Waals surface area (Å²) in [5.74, 6) is 0.827. The summed E-state index contributed by atoms with van der Waals surface area (Å²) >= 11 is 1.64. The molecule has 0 amide bonds. The molecule has 2 aromatic heterocycles. The maximum Gasteiger partial charge on any atom is 0.182 e. The third-order valence-corrected chi connectivity index (χ3v) is 5.19. The van der Waals surface area contributed by atoms with Crippen LogP contribution in [0.2, 0.25) is 0 Å². The van der Waals surface area contributed by atoms with Gasteiger partial charge in [-0.1, -0.05) is 18.2 Å². The Hall–Kier alpha value is -2.37. The van der Waals surface area contributed by atoms with Gasteiger partial charge in [0.25, 0.3) is 0 Å². The minimum Gasteiger partial charge on any atom is -0.464 e. The topological polar surface area (TPSA) is 42.7 Å². The summed E-state index contributed by atoms with van der Waals surface area (Å²) in [4.78, 5) is 15.4. The fourth-order valence-corrected chi connectivity index (χ4v) is 3.95. The van der Waals surface area contributed by atoms with Crippen molar-refractivity contribution >= 4 is 16.3 Å². The highest BCUT2D eigenvalue weighted by Crippen LogP contribution is 2.32. The molecule has 0 bridgehead atoms. The maximum atomic E-state index is 12.2. The fourth-order valence-electron chi connectivity index (χ4n) is 2.81. The highest BCUT2D eigenvalue weighted by Gasteiger charge is 2.14. The molecule has 3 heterocycles. The summed E-state index contributed by atoms with van der Waals surface area (Å²) < 4.78 is 10.9. The normalized spacial score (nSPS) is 14.8. The van der Waals surface area contributed by atoms with Crippen molar-refractivity contribution in [2.75, 3.05) is 31.2 Å². The molecule has 0 unspecified atom stereocenters. The molecular formula is C19H17NO3S. The SMILES string of the molecule is O=c1cc(-c2cccc(-c3ccco3)c2)sc(N2CCOCC2)c1. The van der Waals surface area contributed by atoms with Crippen molar-refractivity contribution in [3.8, 4) is 21.8 Å². The number of hydrogen-bond donors (Lipinski definition) is 0. The predicted octanol–water partition coefficient (Wildman–Crippen LogP) is 3.87. The van der Waals surface area contributed by atoms with Gasteiger partial charge in [0.2, 0.25) is 0 Å². The summed E-state index contributed by atoms with van der Waals surface area (Å²) in [6.45, 7) is 3.07. The van der Waals surface area contributed by atoms with Crippen molar-refractivity contribution in [3.63, 3.8) is 0 Å². The van der Waals surface area contributed by atoms with Gasteiger partial charge in [-0.3, -0.25) is 4.79 Å². The molecule has 4 rings (SSSR count). The lowest BCUT2D eigenvalue weighted by Crippen LogP contribution is -2.36. The van der Waals surface area contributed by atoms with Gasteiger partial charge in [-0.2, -0.15) is 0 Å². The number of rotatable bonds is 3. The van der Waals surface area contributed by atoms with Crippen LogP contribution in [0.4, 0.5) is 5.00 Å². The van der Waals surface area contributed by atoms with E-state index in [1.165, 1.54) is 0 Å². The first-order valence-electron chi connectivity index (χ1n) is 7.92. The number of anilines is 1. The van der Waals surface area contributed by atoms with Crippen LogP contribution in [0.1, 0.15) is 0 Å². The number of benzene rings is 1. The third-order valence-electron chi connectivity index (χ3n) is 4.03. The second-order valence-electron chi connectivity index (χ2n) is 5.65. The third kappa shape index (κ3) is 3.13. The number of nitrogens with zero attached hydrogens (tertiary/aromatic N) is 1. The zero-order valence-corrected chi connectivity index (χ0v) is 13.9. The second kappa shape index (κ2) is 6.63. The molecule has 4 nitrogen and oxygen atoms in total. The molecule has 0 saturated carbocycles. The smallest absolute Gasteiger partial charge is 0.182 e. The van der Waals surface area contributed by atoms with Crippen molar-refractivity contribution in [3.05, 3.63) is 65.0 Å². The van der Waals surface area contributed by atoms with Gasteiger partial charge in [0.15, 0.2) is 5.43 Å². The van der Waals surface area contributed by atoms with Crippen LogP contribution in [0.15, 0.2) is 64.0 Å². The standard InChI is InChI=1S/C19H17NO3S/c21-16-12-18(24-19(13-16)20-6-9-22-10-7-20)15-4-1-3-14(11-15)17-5-2-8-23-17/h1-5,8,11-13H,6-7,9-10H2. The van der Waals surface area contributed by atoms with Crippen LogP contribution in [0.25, 0.3) is 21.8 Å². The molecule has 0 aliphatic carbocycles. The van der Waals surface area contributed by atoms with E-state index in [0.717, 1.165) is 39.9 Å². The molecular weight excluding hydrogens is 322 g/mol. The Balaban J connectivity index is 1.72. The molecule has 0 N–H and O–H groups in total. The van der Waals surface area contributed by atoms with E-state index in [2.05, 4.69) is 11.0 Å². The Morgan fingerprint density at radius 1 is 0.958 bits per heavy atom. The lowest BCUT2D eigenvalue weighted by atomic mass is 10.1. The average Bonchev–Trinajstić information content (AvgIpc) is 3.17. The minimum absolute atomic E-state index is 0.0358. The Morgan fingerprint density at radius 2 is 1.79 bits per heavy atom. The van der Waals surface area contributed by atoms with Crippen molar-refractivity contribution < 1.29 is 9.15 Å². The quantitative estimate of drug-likeness (QED) is 0.726. The van der Waals surface area contributed by atoms with Crippen LogP contribution in [0, 0.1) is 0 Å². The number of hydrogen-bond acceptors (Lipinski definition) is 5. The first-order valence-corrected chi connectivity index (χ1v) is 8.73. The van der Waals surface area contributed by atoms with Crippen molar-refractivity contribution in [1.82, 2.24) is 0 Å². The van der Waals surface area contributed by atoms with Gasteiger partial charge in [-0.05, 0) is 23.8 Å². The van der Waals surface area contributed by atoms with Crippen LogP contribution in [0.5, 0.6) is 0 Å². The first-order chi connectivity index (χ1) is 11.8. The average molecular weight is 339 g/mol. The molecule has 1 aliphatic rings. The molecule has 1 aromatic carbocycles. The van der Waals surface area contributed by atoms with Crippen LogP contribution in [0.3, 0.4) is 0 Å². The van der Waals surface area contributed by atoms with Gasteiger partial charge in [0, 0.05) is 35.7 Å². The molecule has 0 spiro atoms. The molecule has 0 radical (unpaired) electrons. The van der Waals surface area contributed by atoms with Gasteiger partial charge >= 0.3 is 0 Å². The van der Waals surface area contributed by atoms with E-state index in [4.69, 9.17) is 9.15 Å². The lowest BCUT2D eigenvalue weighted by molar-refractivity contribution is 0.123. The summed E-state index contributed by atoms with van der Waals surface area (Å²) in [6, 6.07) is 15.3. The van der Waals surface area contributed by atoms with Gasteiger partial charge < -0.3 is 14.1 Å². The van der Waals surface area contributed by atoms with Crippen molar-refractivity contribution in [2.45, 2.75) is 0 Å². The largest absolute Gasteiger partial charge is 0.464 e. The van der Waals surface area contributed by atoms with E-state index >= 15 is 0 Å².